The van der Waals surface area contributed by atoms with Crippen LogP contribution in [0.25, 0.3) is 0 Å². The molecular weight excluding hydrogens is 248 g/mol. The predicted molar refractivity (Wildman–Crippen MR) is 70.0 cm³/mol. The van der Waals surface area contributed by atoms with Gasteiger partial charge in [-0.05, 0) is 25.0 Å². The summed E-state index contributed by atoms with van der Waals surface area (Å²) in [5.74, 6) is 0. The van der Waals surface area contributed by atoms with Crippen molar-refractivity contribution >= 4 is 0 Å². The predicted octanol–water partition coefficient (Wildman–Crippen LogP) is 0.237. The van der Waals surface area contributed by atoms with Crippen molar-refractivity contribution in [1.29, 1.82) is 0 Å². The molecule has 0 radical (unpaired) electrons. The molecule has 2 heterocycles. The third-order valence-corrected chi connectivity index (χ3v) is 3.04. The van der Waals surface area contributed by atoms with Crippen molar-refractivity contribution in [3.8, 4) is 0 Å². The fraction of sp³-hybridized carbons (Fsp3) is 0.385. The smallest absolute Gasteiger partial charge is 0.330 e. The summed E-state index contributed by atoms with van der Waals surface area (Å²) in [6, 6.07) is 0. The normalized spacial score (nSPS) is 22.3. The summed E-state index contributed by atoms with van der Waals surface area (Å²) < 4.78 is 6.89. The summed E-state index contributed by atoms with van der Waals surface area (Å²) in [4.78, 5) is 25.3. The van der Waals surface area contributed by atoms with Gasteiger partial charge in [-0.15, -0.1) is 6.58 Å². The molecule has 6 heteroatoms. The van der Waals surface area contributed by atoms with E-state index in [0.29, 0.717) is 12.0 Å². The van der Waals surface area contributed by atoms with E-state index in [1.807, 2.05) is 0 Å². The summed E-state index contributed by atoms with van der Waals surface area (Å²) in [5.41, 5.74) is 0.356. The molecule has 1 aromatic rings. The Bertz CT molecular complexity index is 626. The molecule has 0 bridgehead atoms. The number of hydrogen-bond acceptors (Lipinski definition) is 4. The minimum Gasteiger partial charge on any atom is -0.393 e. The Morgan fingerprint density at radius 3 is 2.95 bits per heavy atom. The number of aliphatic hydroxyl groups is 1. The van der Waals surface area contributed by atoms with Gasteiger partial charge < -0.3 is 9.84 Å². The summed E-state index contributed by atoms with van der Waals surface area (Å²) in [5, 5.41) is 9.25. The Kier molecular flexibility index (Phi) is 3.82. The van der Waals surface area contributed by atoms with Crippen LogP contribution in [0.4, 0.5) is 0 Å². The van der Waals surface area contributed by atoms with E-state index in [-0.39, 0.29) is 6.61 Å². The van der Waals surface area contributed by atoms with Gasteiger partial charge in [-0.1, -0.05) is 6.08 Å². The van der Waals surface area contributed by atoms with Gasteiger partial charge in [-0.2, -0.15) is 0 Å². The van der Waals surface area contributed by atoms with E-state index in [4.69, 9.17) is 4.74 Å². The lowest BCUT2D eigenvalue weighted by Gasteiger charge is -2.15. The van der Waals surface area contributed by atoms with Crippen molar-refractivity contribution < 1.29 is 9.84 Å². The van der Waals surface area contributed by atoms with Crippen LogP contribution in [-0.2, 0) is 4.74 Å². The SMILES string of the molecule is C=CCC1=C[C@H](n2cc(C)c(=O)[nH]c2=O)O[C@@H]1CO. The summed E-state index contributed by atoms with van der Waals surface area (Å²) in [6.07, 6.45) is 4.45. The standard InChI is InChI=1S/C13H16N2O4/c1-3-4-9-5-11(19-10(9)7-16)15-6-8(2)12(17)14-13(15)18/h3,5-6,10-11,16H,1,4,7H2,2H3,(H,14,17,18)/t10-,11-/m1/s1. The van der Waals surface area contributed by atoms with Crippen molar-refractivity contribution in [2.24, 2.45) is 0 Å². The zero-order valence-electron chi connectivity index (χ0n) is 10.6. The maximum Gasteiger partial charge on any atom is 0.330 e. The number of H-pyrrole nitrogens is 1. The number of nitrogens with zero attached hydrogens (tertiary/aromatic N) is 1. The molecule has 2 N–H and O–H groups in total. The molecule has 0 amide bonds. The lowest BCUT2D eigenvalue weighted by molar-refractivity contribution is -0.0144. The molecule has 0 aliphatic carbocycles. The first-order valence-electron chi connectivity index (χ1n) is 5.96. The van der Waals surface area contributed by atoms with Gasteiger partial charge in [0.1, 0.15) is 6.10 Å². The Balaban J connectivity index is 2.39. The fourth-order valence-electron chi connectivity index (χ4n) is 2.03. The van der Waals surface area contributed by atoms with E-state index in [1.165, 1.54) is 10.8 Å². The highest BCUT2D eigenvalue weighted by molar-refractivity contribution is 5.18. The van der Waals surface area contributed by atoms with E-state index in [2.05, 4.69) is 11.6 Å². The number of aryl methyl sites for hydroxylation is 1. The maximum atomic E-state index is 11.8. The second-order valence-electron chi connectivity index (χ2n) is 4.41. The molecule has 19 heavy (non-hydrogen) atoms. The Hall–Kier alpha value is -1.92. The molecule has 0 fully saturated rings. The van der Waals surface area contributed by atoms with Crippen LogP contribution in [0.5, 0.6) is 0 Å². The van der Waals surface area contributed by atoms with Crippen LogP contribution in [0.15, 0.2) is 40.1 Å². The molecule has 1 aliphatic heterocycles. The first-order valence-corrected chi connectivity index (χ1v) is 5.96. The monoisotopic (exact) mass is 264 g/mol. The molecule has 0 spiro atoms. The van der Waals surface area contributed by atoms with Gasteiger partial charge in [0.15, 0.2) is 6.23 Å². The highest BCUT2D eigenvalue weighted by Crippen LogP contribution is 2.28. The lowest BCUT2D eigenvalue weighted by Crippen LogP contribution is -2.33. The second-order valence-corrected chi connectivity index (χ2v) is 4.41. The van der Waals surface area contributed by atoms with Gasteiger partial charge in [0.2, 0.25) is 0 Å². The number of allylic oxidation sites excluding steroid dienone is 1. The average Bonchev–Trinajstić information content (AvgIpc) is 2.77. The second kappa shape index (κ2) is 5.38. The van der Waals surface area contributed by atoms with Crippen LogP contribution in [0.1, 0.15) is 18.2 Å². The number of hydrogen-bond donors (Lipinski definition) is 2. The van der Waals surface area contributed by atoms with Crippen LogP contribution < -0.4 is 11.2 Å². The summed E-state index contributed by atoms with van der Waals surface area (Å²) in [6.45, 7) is 5.09. The summed E-state index contributed by atoms with van der Waals surface area (Å²) in [7, 11) is 0. The Morgan fingerprint density at radius 2 is 2.32 bits per heavy atom. The first kappa shape index (κ1) is 13.5. The van der Waals surface area contributed by atoms with Gasteiger partial charge in [0, 0.05) is 11.8 Å². The van der Waals surface area contributed by atoms with Gasteiger partial charge in [-0.3, -0.25) is 14.3 Å². The largest absolute Gasteiger partial charge is 0.393 e. The Labute approximate surface area is 109 Å². The van der Waals surface area contributed by atoms with Crippen molar-refractivity contribution in [1.82, 2.24) is 9.55 Å². The lowest BCUT2D eigenvalue weighted by atomic mass is 10.1. The van der Waals surface area contributed by atoms with Crippen LogP contribution >= 0.6 is 0 Å². The number of rotatable bonds is 4. The van der Waals surface area contributed by atoms with E-state index < -0.39 is 23.6 Å². The zero-order valence-corrected chi connectivity index (χ0v) is 10.6. The van der Waals surface area contributed by atoms with Gasteiger partial charge in [0.05, 0.1) is 6.61 Å². The number of aromatic nitrogens is 2. The molecular formula is C13H16N2O4. The van der Waals surface area contributed by atoms with E-state index >= 15 is 0 Å². The third kappa shape index (κ3) is 2.59. The van der Waals surface area contributed by atoms with Crippen LogP contribution in [-0.4, -0.2) is 27.4 Å². The molecule has 2 rings (SSSR count). The maximum absolute atomic E-state index is 11.8. The van der Waals surface area contributed by atoms with Crippen molar-refractivity contribution in [3.63, 3.8) is 0 Å². The van der Waals surface area contributed by atoms with Crippen molar-refractivity contribution in [2.45, 2.75) is 25.7 Å². The van der Waals surface area contributed by atoms with Gasteiger partial charge in [-0.25, -0.2) is 4.79 Å². The first-order chi connectivity index (χ1) is 9.06. The Morgan fingerprint density at radius 1 is 1.58 bits per heavy atom. The number of aliphatic hydroxyl groups excluding tert-OH is 1. The van der Waals surface area contributed by atoms with Crippen LogP contribution in [0.2, 0.25) is 0 Å². The molecule has 0 saturated carbocycles. The number of aromatic amines is 1. The minimum atomic E-state index is -0.616. The summed E-state index contributed by atoms with van der Waals surface area (Å²) >= 11 is 0. The molecule has 0 unspecified atom stereocenters. The molecule has 102 valence electrons. The van der Waals surface area contributed by atoms with Crippen LogP contribution in [0.3, 0.4) is 0 Å². The molecule has 0 saturated heterocycles. The molecule has 6 nitrogen and oxygen atoms in total. The molecule has 1 aromatic heterocycles. The fourth-order valence-corrected chi connectivity index (χ4v) is 2.03. The molecule has 2 atom stereocenters. The van der Waals surface area contributed by atoms with Gasteiger partial charge in [0.25, 0.3) is 5.56 Å². The van der Waals surface area contributed by atoms with E-state index in [0.717, 1.165) is 5.57 Å². The third-order valence-electron chi connectivity index (χ3n) is 3.04. The van der Waals surface area contributed by atoms with Crippen molar-refractivity contribution in [3.05, 3.63) is 56.9 Å². The molecule has 0 aromatic carbocycles. The minimum absolute atomic E-state index is 0.159. The quantitative estimate of drug-likeness (QED) is 0.763. The number of nitrogens with one attached hydrogen (secondary N) is 1. The van der Waals surface area contributed by atoms with E-state index in [1.54, 1.807) is 19.1 Å². The van der Waals surface area contributed by atoms with E-state index in [9.17, 15) is 14.7 Å². The highest BCUT2D eigenvalue weighted by atomic mass is 16.5. The number of ether oxygens (including phenoxy) is 1. The van der Waals surface area contributed by atoms with Crippen LogP contribution in [0, 0.1) is 6.92 Å². The zero-order chi connectivity index (χ0) is 14.0. The van der Waals surface area contributed by atoms with Crippen molar-refractivity contribution in [2.75, 3.05) is 6.61 Å². The highest BCUT2D eigenvalue weighted by Gasteiger charge is 2.27. The topological polar surface area (TPSA) is 84.3 Å². The van der Waals surface area contributed by atoms with Gasteiger partial charge >= 0.3 is 5.69 Å². The average molecular weight is 264 g/mol. The molecule has 1 aliphatic rings.